The number of rotatable bonds is 4. The van der Waals surface area contributed by atoms with Crippen molar-refractivity contribution in [2.75, 3.05) is 13.1 Å². The van der Waals surface area contributed by atoms with Gasteiger partial charge in [-0.15, -0.1) is 0 Å². The maximum Gasteiger partial charge on any atom is 0.331 e. The van der Waals surface area contributed by atoms with E-state index in [0.717, 1.165) is 24.1 Å². The molecule has 2 aromatic rings. The van der Waals surface area contributed by atoms with E-state index < -0.39 is 17.2 Å². The molecular weight excluding hydrogens is 332 g/mol. The Kier molecular flexibility index (Phi) is 5.08. The normalized spacial score (nSPS) is 15.3. The van der Waals surface area contributed by atoms with Gasteiger partial charge >= 0.3 is 5.69 Å². The number of nitrogens with zero attached hydrogens (tertiary/aromatic N) is 3. The standard InChI is InChI=1S/C19H24N4O3/c1-13(11-23-9-8-14-6-4-5-7-15(14)12-23)20-18(25)16-10-17(24)22(3)19(26)21(16)2/h4-7,10,13H,8-9,11-12H2,1-3H3,(H,20,25)/t13-/m1/s1. The van der Waals surface area contributed by atoms with E-state index in [1.165, 1.54) is 35.9 Å². The van der Waals surface area contributed by atoms with E-state index in [4.69, 9.17) is 0 Å². The van der Waals surface area contributed by atoms with Crippen molar-refractivity contribution in [3.8, 4) is 0 Å². The van der Waals surface area contributed by atoms with Crippen molar-refractivity contribution in [2.45, 2.75) is 25.9 Å². The smallest absolute Gasteiger partial charge is 0.331 e. The Hall–Kier alpha value is -2.67. The van der Waals surface area contributed by atoms with Gasteiger partial charge in [0.05, 0.1) is 0 Å². The first kappa shape index (κ1) is 18.1. The van der Waals surface area contributed by atoms with E-state index in [9.17, 15) is 14.4 Å². The van der Waals surface area contributed by atoms with Crippen molar-refractivity contribution >= 4 is 5.91 Å². The topological polar surface area (TPSA) is 76.3 Å². The molecule has 1 aromatic carbocycles. The van der Waals surface area contributed by atoms with Crippen molar-refractivity contribution in [3.63, 3.8) is 0 Å². The molecule has 1 N–H and O–H groups in total. The molecule has 0 fully saturated rings. The molecule has 0 saturated carbocycles. The number of carbonyl (C=O) groups excluding carboxylic acids is 1. The second kappa shape index (κ2) is 7.29. The fourth-order valence-corrected chi connectivity index (χ4v) is 3.39. The summed E-state index contributed by atoms with van der Waals surface area (Å²) in [6.45, 7) is 4.44. The third kappa shape index (κ3) is 3.62. The minimum absolute atomic E-state index is 0.0777. The highest BCUT2D eigenvalue weighted by atomic mass is 16.2. The van der Waals surface area contributed by atoms with Crippen LogP contribution in [0.2, 0.25) is 0 Å². The molecule has 1 aliphatic heterocycles. The van der Waals surface area contributed by atoms with Gasteiger partial charge in [-0.3, -0.25) is 23.6 Å². The molecule has 0 unspecified atom stereocenters. The minimum Gasteiger partial charge on any atom is -0.347 e. The van der Waals surface area contributed by atoms with Crippen LogP contribution in [0.1, 0.15) is 28.5 Å². The molecule has 0 aliphatic carbocycles. The molecule has 1 aliphatic rings. The van der Waals surface area contributed by atoms with E-state index >= 15 is 0 Å². The van der Waals surface area contributed by atoms with Crippen LogP contribution in [0.15, 0.2) is 39.9 Å². The highest BCUT2D eigenvalue weighted by Gasteiger charge is 2.20. The molecule has 138 valence electrons. The molecule has 2 heterocycles. The molecule has 0 spiro atoms. The summed E-state index contributed by atoms with van der Waals surface area (Å²) < 4.78 is 2.17. The predicted molar refractivity (Wildman–Crippen MR) is 99.3 cm³/mol. The molecular formula is C19H24N4O3. The van der Waals surface area contributed by atoms with Gasteiger partial charge in [0, 0.05) is 45.8 Å². The van der Waals surface area contributed by atoms with Gasteiger partial charge in [0.2, 0.25) is 0 Å². The number of hydrogen-bond donors (Lipinski definition) is 1. The highest BCUT2D eigenvalue weighted by molar-refractivity contribution is 5.92. The average molecular weight is 356 g/mol. The second-order valence-electron chi connectivity index (χ2n) is 6.90. The average Bonchev–Trinajstić information content (AvgIpc) is 2.62. The van der Waals surface area contributed by atoms with Crippen LogP contribution < -0.4 is 16.6 Å². The fourth-order valence-electron chi connectivity index (χ4n) is 3.39. The Labute approximate surface area is 151 Å². The summed E-state index contributed by atoms with van der Waals surface area (Å²) in [5.41, 5.74) is 1.79. The zero-order chi connectivity index (χ0) is 18.8. The van der Waals surface area contributed by atoms with Crippen molar-refractivity contribution in [1.29, 1.82) is 0 Å². The zero-order valence-corrected chi connectivity index (χ0v) is 15.4. The molecule has 1 amide bonds. The Morgan fingerprint density at radius 3 is 2.58 bits per heavy atom. The van der Waals surface area contributed by atoms with Crippen LogP contribution in [0, 0.1) is 0 Å². The van der Waals surface area contributed by atoms with Crippen LogP contribution >= 0.6 is 0 Å². The molecule has 7 heteroatoms. The first-order valence-corrected chi connectivity index (χ1v) is 8.74. The van der Waals surface area contributed by atoms with Crippen LogP contribution in [-0.2, 0) is 27.1 Å². The molecule has 1 aromatic heterocycles. The van der Waals surface area contributed by atoms with E-state index in [2.05, 4.69) is 28.4 Å². The lowest BCUT2D eigenvalue weighted by atomic mass is 10.00. The predicted octanol–water partition coefficient (Wildman–Crippen LogP) is 0.261. The second-order valence-corrected chi connectivity index (χ2v) is 6.90. The summed E-state index contributed by atoms with van der Waals surface area (Å²) in [5.74, 6) is -0.410. The summed E-state index contributed by atoms with van der Waals surface area (Å²) in [6, 6.07) is 9.50. The minimum atomic E-state index is -0.511. The van der Waals surface area contributed by atoms with Crippen LogP contribution in [0.4, 0.5) is 0 Å². The number of aromatic nitrogens is 2. The molecule has 7 nitrogen and oxygen atoms in total. The monoisotopic (exact) mass is 356 g/mol. The maximum atomic E-state index is 12.5. The number of amides is 1. The third-order valence-corrected chi connectivity index (χ3v) is 4.88. The van der Waals surface area contributed by atoms with Gasteiger partial charge < -0.3 is 5.32 Å². The molecule has 0 radical (unpaired) electrons. The largest absolute Gasteiger partial charge is 0.347 e. The molecule has 26 heavy (non-hydrogen) atoms. The molecule has 0 saturated heterocycles. The molecule has 0 bridgehead atoms. The number of nitrogens with one attached hydrogen (secondary N) is 1. The summed E-state index contributed by atoms with van der Waals surface area (Å²) in [6.07, 6.45) is 1.00. The number of carbonyl (C=O) groups is 1. The molecule has 1 atom stereocenters. The summed E-state index contributed by atoms with van der Waals surface area (Å²) in [4.78, 5) is 38.6. The first-order chi connectivity index (χ1) is 12.4. The van der Waals surface area contributed by atoms with Crippen molar-refractivity contribution in [3.05, 3.63) is 68.0 Å². The van der Waals surface area contributed by atoms with Crippen molar-refractivity contribution < 1.29 is 4.79 Å². The van der Waals surface area contributed by atoms with Crippen LogP contribution in [0.25, 0.3) is 0 Å². The van der Waals surface area contributed by atoms with Gasteiger partial charge in [0.25, 0.3) is 11.5 Å². The van der Waals surface area contributed by atoms with Gasteiger partial charge in [-0.05, 0) is 24.5 Å². The third-order valence-electron chi connectivity index (χ3n) is 4.88. The van der Waals surface area contributed by atoms with E-state index in [1.807, 2.05) is 13.0 Å². The summed E-state index contributed by atoms with van der Waals surface area (Å²) >= 11 is 0. The maximum absolute atomic E-state index is 12.5. The van der Waals surface area contributed by atoms with Gasteiger partial charge in [0.15, 0.2) is 0 Å². The Bertz CT molecular complexity index is 945. The van der Waals surface area contributed by atoms with E-state index in [-0.39, 0.29) is 11.7 Å². The van der Waals surface area contributed by atoms with Crippen LogP contribution in [0.3, 0.4) is 0 Å². The Balaban J connectivity index is 1.66. The number of hydrogen-bond acceptors (Lipinski definition) is 4. The lowest BCUT2D eigenvalue weighted by Crippen LogP contribution is -2.46. The Morgan fingerprint density at radius 2 is 1.85 bits per heavy atom. The number of fused-ring (bicyclic) bond motifs is 1. The van der Waals surface area contributed by atoms with Crippen LogP contribution in [-0.4, -0.2) is 39.1 Å². The first-order valence-electron chi connectivity index (χ1n) is 8.74. The van der Waals surface area contributed by atoms with Gasteiger partial charge in [-0.1, -0.05) is 24.3 Å². The van der Waals surface area contributed by atoms with Crippen molar-refractivity contribution in [2.24, 2.45) is 14.1 Å². The highest BCUT2D eigenvalue weighted by Crippen LogP contribution is 2.18. The SMILES string of the molecule is C[C@H](CN1CCc2ccccc2C1)NC(=O)c1cc(=O)n(C)c(=O)n1C. The zero-order valence-electron chi connectivity index (χ0n) is 15.4. The van der Waals surface area contributed by atoms with E-state index in [1.54, 1.807) is 0 Å². The van der Waals surface area contributed by atoms with E-state index in [0.29, 0.717) is 6.54 Å². The van der Waals surface area contributed by atoms with Gasteiger partial charge in [-0.2, -0.15) is 0 Å². The lowest BCUT2D eigenvalue weighted by Gasteiger charge is -2.31. The quantitative estimate of drug-likeness (QED) is 0.853. The van der Waals surface area contributed by atoms with Crippen LogP contribution in [0.5, 0.6) is 0 Å². The Morgan fingerprint density at radius 1 is 1.15 bits per heavy atom. The van der Waals surface area contributed by atoms with Gasteiger partial charge in [0.1, 0.15) is 5.69 Å². The van der Waals surface area contributed by atoms with Gasteiger partial charge in [-0.25, -0.2) is 4.79 Å². The lowest BCUT2D eigenvalue weighted by molar-refractivity contribution is 0.0916. The summed E-state index contributed by atoms with van der Waals surface area (Å²) in [7, 11) is 2.88. The molecule has 3 rings (SSSR count). The van der Waals surface area contributed by atoms with Crippen molar-refractivity contribution in [1.82, 2.24) is 19.4 Å². The summed E-state index contributed by atoms with van der Waals surface area (Å²) in [5, 5.41) is 2.89. The number of benzene rings is 1. The fraction of sp³-hybridized carbons (Fsp3) is 0.421.